The molecule has 0 fully saturated rings. The van der Waals surface area contributed by atoms with Crippen LogP contribution in [-0.2, 0) is 56.0 Å². The zero-order valence-electron chi connectivity index (χ0n) is 23.9. The molecule has 2 aliphatic heterocycles. The number of fused-ring (bicyclic) bond motifs is 6. The number of ketones is 2. The van der Waals surface area contributed by atoms with E-state index in [1.165, 1.54) is 6.92 Å². The zero-order valence-corrected chi connectivity index (χ0v) is 23.9. The van der Waals surface area contributed by atoms with Crippen LogP contribution >= 0.6 is 0 Å². The quantitative estimate of drug-likeness (QED) is 0.208. The Balaban J connectivity index is 1.32. The highest BCUT2D eigenvalue weighted by molar-refractivity contribution is 5.97. The maximum atomic E-state index is 13.1. The summed E-state index contributed by atoms with van der Waals surface area (Å²) < 4.78 is 20.0. The topological polar surface area (TPSA) is 99.8 Å². The van der Waals surface area contributed by atoms with Crippen LogP contribution in [0.2, 0.25) is 0 Å². The van der Waals surface area contributed by atoms with E-state index < -0.39 is 11.6 Å². The summed E-state index contributed by atoms with van der Waals surface area (Å²) in [7, 11) is 1.92. The van der Waals surface area contributed by atoms with Crippen LogP contribution in [0.25, 0.3) is 0 Å². The molecule has 3 aromatic carbocycles. The van der Waals surface area contributed by atoms with Crippen molar-refractivity contribution >= 4 is 23.5 Å². The van der Waals surface area contributed by atoms with Crippen molar-refractivity contribution in [3.63, 3.8) is 0 Å². The van der Waals surface area contributed by atoms with Crippen LogP contribution in [0.4, 0.5) is 0 Å². The average Bonchev–Trinajstić information content (AvgIpc) is 3.28. The van der Waals surface area contributed by atoms with Gasteiger partial charge in [-0.3, -0.25) is 9.59 Å². The van der Waals surface area contributed by atoms with Crippen LogP contribution in [-0.4, -0.2) is 23.5 Å². The van der Waals surface area contributed by atoms with Gasteiger partial charge in [0.25, 0.3) is 0 Å². The molecule has 2 aliphatic rings. The molecule has 8 heteroatoms. The van der Waals surface area contributed by atoms with E-state index in [1.54, 1.807) is 24.3 Å². The second-order valence-electron chi connectivity index (χ2n) is 11.0. The van der Waals surface area contributed by atoms with E-state index in [0.717, 1.165) is 11.1 Å². The fourth-order valence-corrected chi connectivity index (χ4v) is 5.63. The first-order valence-corrected chi connectivity index (χ1v) is 14.1. The molecule has 8 nitrogen and oxygen atoms in total. The lowest BCUT2D eigenvalue weighted by Gasteiger charge is -2.37. The molecule has 0 saturated carbocycles. The molecule has 6 rings (SSSR count). The molecule has 0 saturated heterocycles. The number of Topliss-reactive ketones (excluding diaryl/α,β-unsaturated/α-hetero) is 2. The molecule has 0 N–H and O–H groups in total. The number of nitrogens with zero attached hydrogens (tertiary/aromatic N) is 1. The Morgan fingerprint density at radius 3 is 2.12 bits per heavy atom. The van der Waals surface area contributed by atoms with Crippen molar-refractivity contribution < 1.29 is 38.0 Å². The van der Waals surface area contributed by atoms with Gasteiger partial charge in [-0.25, -0.2) is 9.36 Å². The number of aromatic nitrogens is 1. The molecule has 1 unspecified atom stereocenters. The first kappa shape index (κ1) is 28.0. The summed E-state index contributed by atoms with van der Waals surface area (Å²) >= 11 is 0. The molecular formula is C35H30NO7+. The summed E-state index contributed by atoms with van der Waals surface area (Å²) in [6, 6.07) is 21.9. The van der Waals surface area contributed by atoms with Gasteiger partial charge in [0.2, 0.25) is 0 Å². The van der Waals surface area contributed by atoms with Crippen molar-refractivity contribution in [1.82, 2.24) is 0 Å². The summed E-state index contributed by atoms with van der Waals surface area (Å²) in [5, 5.41) is 0. The van der Waals surface area contributed by atoms with Crippen molar-refractivity contribution in [3.05, 3.63) is 124 Å². The van der Waals surface area contributed by atoms with Crippen LogP contribution in [0.15, 0.2) is 85.2 Å². The number of hydrogen-bond donors (Lipinski definition) is 0. The van der Waals surface area contributed by atoms with E-state index in [4.69, 9.17) is 14.2 Å². The van der Waals surface area contributed by atoms with Crippen molar-refractivity contribution in [3.8, 4) is 11.5 Å². The van der Waals surface area contributed by atoms with Gasteiger partial charge in [0.05, 0.1) is 12.0 Å². The molecular weight excluding hydrogens is 546 g/mol. The maximum Gasteiger partial charge on any atom is 0.340 e. The van der Waals surface area contributed by atoms with Crippen LogP contribution in [0.5, 0.6) is 11.5 Å². The molecule has 4 aromatic rings. The second-order valence-corrected chi connectivity index (χ2v) is 11.0. The Bertz CT molecular complexity index is 1780. The number of ether oxygens (including phenoxy) is 3. The number of esters is 2. The van der Waals surface area contributed by atoms with Gasteiger partial charge < -0.3 is 19.0 Å². The largest absolute Gasteiger partial charge is 0.461 e. The smallest absolute Gasteiger partial charge is 0.340 e. The number of aryl methyl sites for hydroxylation is 1. The summed E-state index contributed by atoms with van der Waals surface area (Å²) in [6.07, 6.45) is 4.33. The van der Waals surface area contributed by atoms with Crippen molar-refractivity contribution in [2.75, 3.05) is 0 Å². The number of rotatable bonds is 9. The Kier molecular flexibility index (Phi) is 7.36. The third-order valence-corrected chi connectivity index (χ3v) is 7.80. The van der Waals surface area contributed by atoms with Gasteiger partial charge in [-0.15, -0.1) is 0 Å². The van der Waals surface area contributed by atoms with Crippen LogP contribution < -0.4 is 9.30 Å². The van der Waals surface area contributed by atoms with Gasteiger partial charge in [0, 0.05) is 53.6 Å². The molecule has 1 spiro atoms. The standard InChI is InChI=1S/C35H30NO7/c1-22(37)7-10-26(38)17-24-8-11-29-31(18-24)42-32-19-25(20-33(39)41-21-23-13-15-36(2)16-14-23)9-12-30(32)35(29)28-6-4-3-5-27(28)34(40)43-35/h3-6,8-9,11-16,18-19H,7,10,17,20-21H2,1-2H3/q+1. The summed E-state index contributed by atoms with van der Waals surface area (Å²) in [5.74, 6) is -0.0212. The van der Waals surface area contributed by atoms with Gasteiger partial charge >= 0.3 is 11.9 Å². The van der Waals surface area contributed by atoms with Crippen molar-refractivity contribution in [2.24, 2.45) is 7.05 Å². The molecule has 1 aromatic heterocycles. The Labute approximate surface area is 248 Å². The van der Waals surface area contributed by atoms with E-state index in [2.05, 4.69) is 0 Å². The number of benzene rings is 3. The molecule has 43 heavy (non-hydrogen) atoms. The Morgan fingerprint density at radius 1 is 0.791 bits per heavy atom. The lowest BCUT2D eigenvalue weighted by molar-refractivity contribution is -0.671. The average molecular weight is 577 g/mol. The van der Waals surface area contributed by atoms with Gasteiger partial charge in [-0.1, -0.05) is 42.5 Å². The molecule has 0 aliphatic carbocycles. The summed E-state index contributed by atoms with van der Waals surface area (Å²) in [6.45, 7) is 1.63. The highest BCUT2D eigenvalue weighted by atomic mass is 16.6. The number of pyridine rings is 1. The minimum absolute atomic E-state index is 0.0260. The fraction of sp³-hybridized carbons (Fsp3) is 0.229. The van der Waals surface area contributed by atoms with E-state index in [9.17, 15) is 19.2 Å². The molecule has 1 atom stereocenters. The van der Waals surface area contributed by atoms with E-state index in [0.29, 0.717) is 39.3 Å². The Hall–Kier alpha value is -5.11. The maximum absolute atomic E-state index is 13.1. The SMILES string of the molecule is CC(=O)CCC(=O)Cc1ccc2c(c1)Oc1cc(CC(=O)OCc3cc[n+](C)cc3)ccc1C21OC(=O)c2ccccc21. The van der Waals surface area contributed by atoms with E-state index in [-0.39, 0.29) is 49.8 Å². The van der Waals surface area contributed by atoms with Crippen molar-refractivity contribution in [1.29, 1.82) is 0 Å². The second kappa shape index (κ2) is 11.3. The Morgan fingerprint density at radius 2 is 1.44 bits per heavy atom. The summed E-state index contributed by atoms with van der Waals surface area (Å²) in [5.41, 5.74) is 3.46. The molecule has 0 bridgehead atoms. The first-order chi connectivity index (χ1) is 20.7. The van der Waals surface area contributed by atoms with Crippen LogP contribution in [0.1, 0.15) is 63.5 Å². The highest BCUT2D eigenvalue weighted by Gasteiger charge is 2.53. The summed E-state index contributed by atoms with van der Waals surface area (Å²) in [4.78, 5) is 49.7. The van der Waals surface area contributed by atoms with E-state index in [1.807, 2.05) is 72.5 Å². The lowest BCUT2D eigenvalue weighted by Crippen LogP contribution is -2.33. The lowest BCUT2D eigenvalue weighted by atomic mass is 9.77. The molecule has 0 amide bonds. The zero-order chi connectivity index (χ0) is 30.1. The molecule has 3 heterocycles. The number of carbonyl (C=O) groups excluding carboxylic acids is 4. The number of carbonyl (C=O) groups is 4. The third-order valence-electron chi connectivity index (χ3n) is 7.80. The fourth-order valence-electron chi connectivity index (χ4n) is 5.63. The van der Waals surface area contributed by atoms with Gasteiger partial charge in [0.15, 0.2) is 18.0 Å². The predicted octanol–water partition coefficient (Wildman–Crippen LogP) is 4.85. The first-order valence-electron chi connectivity index (χ1n) is 14.1. The van der Waals surface area contributed by atoms with Crippen LogP contribution in [0.3, 0.4) is 0 Å². The molecule has 216 valence electrons. The minimum Gasteiger partial charge on any atom is -0.461 e. The van der Waals surface area contributed by atoms with Crippen molar-refractivity contribution in [2.45, 2.75) is 44.8 Å². The monoisotopic (exact) mass is 576 g/mol. The number of hydrogen-bond acceptors (Lipinski definition) is 7. The molecule has 0 radical (unpaired) electrons. The van der Waals surface area contributed by atoms with Gasteiger partial charge in [0.1, 0.15) is 36.7 Å². The minimum atomic E-state index is -1.25. The normalized spacial score (nSPS) is 16.0. The third kappa shape index (κ3) is 5.44. The predicted molar refractivity (Wildman–Crippen MR) is 154 cm³/mol. The van der Waals surface area contributed by atoms with E-state index >= 15 is 0 Å². The van der Waals surface area contributed by atoms with Gasteiger partial charge in [-0.2, -0.15) is 0 Å². The van der Waals surface area contributed by atoms with Gasteiger partial charge in [-0.05, 0) is 36.2 Å². The van der Waals surface area contributed by atoms with Crippen LogP contribution in [0, 0.1) is 0 Å². The highest BCUT2D eigenvalue weighted by Crippen LogP contribution is 2.56.